The Morgan fingerprint density at radius 1 is 1.23 bits per heavy atom. The zero-order valence-electron chi connectivity index (χ0n) is 13.6. The molecule has 26 heavy (non-hydrogen) atoms. The third-order valence-corrected chi connectivity index (χ3v) is 4.51. The number of aromatic hydroxyl groups is 1. The number of nitrogens with zero attached hydrogens (tertiary/aromatic N) is 1. The molecule has 0 radical (unpaired) electrons. The van der Waals surface area contributed by atoms with Crippen molar-refractivity contribution in [1.82, 2.24) is 0 Å². The van der Waals surface area contributed by atoms with E-state index in [4.69, 9.17) is 16.3 Å². The van der Waals surface area contributed by atoms with E-state index < -0.39 is 32.7 Å². The van der Waals surface area contributed by atoms with Crippen LogP contribution in [0.25, 0.3) is 0 Å². The maximum absolute atomic E-state index is 12.2. The van der Waals surface area contributed by atoms with Crippen LogP contribution < -0.4 is 4.90 Å². The number of methoxy groups -OCH3 is 2. The van der Waals surface area contributed by atoms with Crippen molar-refractivity contribution >= 4 is 39.3 Å². The van der Waals surface area contributed by atoms with E-state index in [1.807, 2.05) is 0 Å². The zero-order chi connectivity index (χ0) is 19.6. The molecule has 1 aromatic carbocycles. The van der Waals surface area contributed by atoms with Gasteiger partial charge in [0.2, 0.25) is 0 Å². The van der Waals surface area contributed by atoms with Crippen molar-refractivity contribution in [2.45, 2.75) is 4.90 Å². The first kappa shape index (κ1) is 20.0. The van der Waals surface area contributed by atoms with Gasteiger partial charge in [-0.3, -0.25) is 4.55 Å². The van der Waals surface area contributed by atoms with Crippen LogP contribution in [-0.2, 0) is 33.9 Å². The van der Waals surface area contributed by atoms with Crippen LogP contribution in [0.1, 0.15) is 0 Å². The highest BCUT2D eigenvalue weighted by atomic mass is 35.5. The number of ether oxygens (including phenoxy) is 3. The molecule has 0 aromatic heterocycles. The van der Waals surface area contributed by atoms with Gasteiger partial charge >= 0.3 is 11.9 Å². The molecule has 1 aliphatic heterocycles. The van der Waals surface area contributed by atoms with Crippen molar-refractivity contribution < 1.29 is 41.9 Å². The number of carbonyl (C=O) groups is 2. The summed E-state index contributed by atoms with van der Waals surface area (Å²) in [5.41, 5.74) is -0.838. The van der Waals surface area contributed by atoms with E-state index in [2.05, 4.69) is 9.47 Å². The van der Waals surface area contributed by atoms with Gasteiger partial charge in [0.1, 0.15) is 17.3 Å². The van der Waals surface area contributed by atoms with Gasteiger partial charge in [-0.15, -0.1) is 0 Å². The first-order valence-electron chi connectivity index (χ1n) is 6.86. The Morgan fingerprint density at radius 3 is 2.38 bits per heavy atom. The lowest BCUT2D eigenvalue weighted by atomic mass is 10.1. The second-order valence-electron chi connectivity index (χ2n) is 4.96. The van der Waals surface area contributed by atoms with Crippen LogP contribution in [0.2, 0.25) is 5.02 Å². The molecule has 0 saturated carbocycles. The number of phenols is 1. The Labute approximate surface area is 153 Å². The predicted octanol–water partition coefficient (Wildman–Crippen LogP) is 0.686. The summed E-state index contributed by atoms with van der Waals surface area (Å²) < 4.78 is 46.6. The van der Waals surface area contributed by atoms with Crippen molar-refractivity contribution in [3.8, 4) is 5.75 Å². The van der Waals surface area contributed by atoms with Crippen LogP contribution in [0.15, 0.2) is 28.3 Å². The van der Waals surface area contributed by atoms with Crippen LogP contribution in [0.5, 0.6) is 5.75 Å². The number of benzene rings is 1. The molecule has 0 amide bonds. The fourth-order valence-electron chi connectivity index (χ4n) is 2.30. The molecular formula is C14H14ClNO9S. The van der Waals surface area contributed by atoms with Crippen LogP contribution >= 0.6 is 11.6 Å². The van der Waals surface area contributed by atoms with Crippen LogP contribution in [0.3, 0.4) is 0 Å². The first-order valence-corrected chi connectivity index (χ1v) is 8.68. The molecule has 0 fully saturated rings. The molecule has 1 aliphatic rings. The normalized spacial score (nSPS) is 15.0. The fourth-order valence-corrected chi connectivity index (χ4v) is 3.20. The zero-order valence-corrected chi connectivity index (χ0v) is 15.1. The minimum atomic E-state index is -4.82. The lowest BCUT2D eigenvalue weighted by molar-refractivity contribution is -0.140. The summed E-state index contributed by atoms with van der Waals surface area (Å²) in [5.74, 6) is -2.74. The summed E-state index contributed by atoms with van der Waals surface area (Å²) in [6.07, 6.45) is 0. The van der Waals surface area contributed by atoms with Gasteiger partial charge in [-0.2, -0.15) is 8.42 Å². The van der Waals surface area contributed by atoms with Gasteiger partial charge < -0.3 is 24.2 Å². The second-order valence-corrected chi connectivity index (χ2v) is 6.79. The summed E-state index contributed by atoms with van der Waals surface area (Å²) in [4.78, 5) is 24.2. The van der Waals surface area contributed by atoms with Crippen molar-refractivity contribution in [2.24, 2.45) is 0 Å². The number of rotatable bonds is 4. The van der Waals surface area contributed by atoms with Crippen LogP contribution in [-0.4, -0.2) is 57.6 Å². The molecule has 12 heteroatoms. The van der Waals surface area contributed by atoms with E-state index in [0.717, 1.165) is 31.3 Å². The molecule has 0 aliphatic carbocycles. The number of hydrogen-bond acceptors (Lipinski definition) is 9. The molecule has 0 atom stereocenters. The highest BCUT2D eigenvalue weighted by molar-refractivity contribution is 7.86. The molecule has 0 saturated heterocycles. The first-order chi connectivity index (χ1) is 12.1. The van der Waals surface area contributed by atoms with Crippen molar-refractivity contribution in [2.75, 3.05) is 32.5 Å². The summed E-state index contributed by atoms with van der Waals surface area (Å²) in [6.45, 7) is -0.621. The standard InChI is InChI=1S/C14H14ClNO9S/c1-23-13(18)8-5-25-6-16(11(8)14(19)24-2)9-3-7(15)4-10(12(9)17)26(20,21)22/h3-4,17H,5-6H2,1-2H3,(H,20,21,22). The second kappa shape index (κ2) is 7.50. The Morgan fingerprint density at radius 2 is 1.85 bits per heavy atom. The topological polar surface area (TPSA) is 140 Å². The van der Waals surface area contributed by atoms with Crippen molar-refractivity contribution in [1.29, 1.82) is 0 Å². The van der Waals surface area contributed by atoms with Crippen molar-refractivity contribution in [3.63, 3.8) is 0 Å². The average molecular weight is 408 g/mol. The van der Waals surface area contributed by atoms with E-state index in [0.29, 0.717) is 0 Å². The molecule has 0 bridgehead atoms. The number of hydrogen-bond donors (Lipinski definition) is 2. The minimum absolute atomic E-state index is 0.167. The summed E-state index contributed by atoms with van der Waals surface area (Å²) >= 11 is 5.86. The lowest BCUT2D eigenvalue weighted by Crippen LogP contribution is -2.39. The lowest BCUT2D eigenvalue weighted by Gasteiger charge is -2.32. The highest BCUT2D eigenvalue weighted by Crippen LogP contribution is 2.40. The average Bonchev–Trinajstić information content (AvgIpc) is 2.60. The minimum Gasteiger partial charge on any atom is -0.504 e. The van der Waals surface area contributed by atoms with E-state index >= 15 is 0 Å². The Kier molecular flexibility index (Phi) is 5.76. The van der Waals surface area contributed by atoms with E-state index in [-0.39, 0.29) is 35.3 Å². The number of anilines is 1. The molecule has 10 nitrogen and oxygen atoms in total. The van der Waals surface area contributed by atoms with Crippen LogP contribution in [0.4, 0.5) is 5.69 Å². The van der Waals surface area contributed by atoms with Crippen molar-refractivity contribution in [3.05, 3.63) is 28.4 Å². The van der Waals surface area contributed by atoms with Gasteiger partial charge in [-0.1, -0.05) is 11.6 Å². The molecule has 0 spiro atoms. The quantitative estimate of drug-likeness (QED) is 0.541. The molecule has 0 unspecified atom stereocenters. The van der Waals surface area contributed by atoms with Crippen LogP contribution in [0, 0.1) is 0 Å². The fraction of sp³-hybridized carbons (Fsp3) is 0.286. The number of halogens is 1. The summed E-state index contributed by atoms with van der Waals surface area (Å²) in [6, 6.07) is 1.95. The van der Waals surface area contributed by atoms with Gasteiger partial charge in [0.05, 0.1) is 32.1 Å². The van der Waals surface area contributed by atoms with Gasteiger partial charge in [0.15, 0.2) is 5.75 Å². The Balaban J connectivity index is 2.75. The molecule has 2 rings (SSSR count). The maximum atomic E-state index is 12.2. The van der Waals surface area contributed by atoms with E-state index in [1.54, 1.807) is 0 Å². The maximum Gasteiger partial charge on any atom is 0.355 e. The number of esters is 2. The molecule has 1 aromatic rings. The van der Waals surface area contributed by atoms with Gasteiger partial charge in [0.25, 0.3) is 10.1 Å². The van der Waals surface area contributed by atoms with Gasteiger partial charge in [-0.25, -0.2) is 9.59 Å². The molecule has 1 heterocycles. The smallest absolute Gasteiger partial charge is 0.355 e. The highest BCUT2D eigenvalue weighted by Gasteiger charge is 2.35. The van der Waals surface area contributed by atoms with Gasteiger partial charge in [-0.05, 0) is 12.1 Å². The third kappa shape index (κ3) is 3.75. The van der Waals surface area contributed by atoms with Gasteiger partial charge in [0, 0.05) is 5.02 Å². The molecule has 2 N–H and O–H groups in total. The number of carbonyl (C=O) groups excluding carboxylic acids is 2. The van der Waals surface area contributed by atoms with E-state index in [9.17, 15) is 27.7 Å². The SMILES string of the molecule is COC(=O)C1=C(C(=O)OC)N(c2cc(Cl)cc(S(=O)(=O)O)c2O)COC1. The Hall–Kier alpha value is -2.34. The molecular weight excluding hydrogens is 394 g/mol. The monoisotopic (exact) mass is 407 g/mol. The predicted molar refractivity (Wildman–Crippen MR) is 87.3 cm³/mol. The largest absolute Gasteiger partial charge is 0.504 e. The summed E-state index contributed by atoms with van der Waals surface area (Å²) in [5, 5.41) is 10.1. The third-order valence-electron chi connectivity index (χ3n) is 3.42. The molecule has 142 valence electrons. The Bertz CT molecular complexity index is 894. The number of phenolic OH excluding ortho intramolecular Hbond substituents is 1. The van der Waals surface area contributed by atoms with E-state index in [1.165, 1.54) is 0 Å². The summed E-state index contributed by atoms with van der Waals surface area (Å²) in [7, 11) is -2.66.